The summed E-state index contributed by atoms with van der Waals surface area (Å²) in [7, 11) is 0. The monoisotopic (exact) mass is 342 g/mol. The molecule has 24 heavy (non-hydrogen) atoms. The molecule has 6 heteroatoms. The predicted octanol–water partition coefficient (Wildman–Crippen LogP) is 3.87. The van der Waals surface area contributed by atoms with Gasteiger partial charge >= 0.3 is 0 Å². The van der Waals surface area contributed by atoms with E-state index in [-0.39, 0.29) is 31.1 Å². The molecule has 0 saturated heterocycles. The number of aryl methyl sites for hydroxylation is 2. The van der Waals surface area contributed by atoms with Crippen LogP contribution in [-0.2, 0) is 4.79 Å². The quantitative estimate of drug-likeness (QED) is 0.775. The van der Waals surface area contributed by atoms with E-state index in [2.05, 4.69) is 5.32 Å². The number of carbonyl (C=O) groups excluding carboxylic acids is 2. The minimum Gasteiger partial charge on any atom is -0.479 e. The number of anilines is 1. The van der Waals surface area contributed by atoms with Gasteiger partial charge < -0.3 is 10.1 Å². The summed E-state index contributed by atoms with van der Waals surface area (Å²) in [4.78, 5) is 26.2. The second-order valence-electron chi connectivity index (χ2n) is 5.27. The van der Waals surface area contributed by atoms with Gasteiger partial charge in [0.05, 0.1) is 0 Å². The number of nitrogens with one attached hydrogen (secondary N) is 1. The molecular weight excluding hydrogens is 324 g/mol. The van der Waals surface area contributed by atoms with Crippen LogP contribution < -0.4 is 10.1 Å². The molecule has 1 N–H and O–H groups in total. The van der Waals surface area contributed by atoms with E-state index in [1.807, 2.05) is 26.0 Å². The molecule has 0 aliphatic rings. The molecule has 1 amide bonds. The van der Waals surface area contributed by atoms with Gasteiger partial charge in [0, 0.05) is 33.8 Å². The van der Waals surface area contributed by atoms with E-state index >= 15 is 0 Å². The van der Waals surface area contributed by atoms with E-state index < -0.39 is 0 Å². The molecule has 1 aromatic heterocycles. The van der Waals surface area contributed by atoms with Crippen LogP contribution in [0.25, 0.3) is 0 Å². The summed E-state index contributed by atoms with van der Waals surface area (Å²) in [6.07, 6.45) is 0.325. The fourth-order valence-corrected chi connectivity index (χ4v) is 3.19. The molecule has 0 unspecified atom stereocenters. The Bertz CT molecular complexity index is 773. The van der Waals surface area contributed by atoms with Gasteiger partial charge in [-0.3, -0.25) is 9.59 Å². The van der Waals surface area contributed by atoms with Crippen LogP contribution in [0.15, 0.2) is 30.3 Å². The van der Waals surface area contributed by atoms with Crippen molar-refractivity contribution in [2.75, 3.05) is 11.9 Å². The number of carbonyl (C=O) groups is 2. The zero-order valence-corrected chi connectivity index (χ0v) is 14.4. The van der Waals surface area contributed by atoms with Crippen LogP contribution in [0.3, 0.4) is 0 Å². The molecule has 0 aliphatic heterocycles. The number of rotatable bonds is 7. The highest BCUT2D eigenvalue weighted by Gasteiger charge is 2.13. The molecule has 1 heterocycles. The molecular formula is C18H18N2O3S. The molecule has 0 radical (unpaired) electrons. The number of thiophene rings is 1. The summed E-state index contributed by atoms with van der Waals surface area (Å²) < 4.78 is 5.14. The SMILES string of the molecule is Cc1cc(C(=O)CCC(=O)Nc2ccc(OCC#N)cc2)c(C)s1. The van der Waals surface area contributed by atoms with Gasteiger partial charge in [-0.15, -0.1) is 11.3 Å². The van der Waals surface area contributed by atoms with Crippen molar-refractivity contribution in [3.63, 3.8) is 0 Å². The summed E-state index contributed by atoms with van der Waals surface area (Å²) in [5.74, 6) is 0.346. The highest BCUT2D eigenvalue weighted by Crippen LogP contribution is 2.22. The van der Waals surface area contributed by atoms with Gasteiger partial charge in [0.2, 0.25) is 5.91 Å². The average Bonchev–Trinajstić information content (AvgIpc) is 2.90. The van der Waals surface area contributed by atoms with Crippen molar-refractivity contribution in [1.29, 1.82) is 5.26 Å². The van der Waals surface area contributed by atoms with E-state index in [4.69, 9.17) is 10.00 Å². The van der Waals surface area contributed by atoms with Crippen molar-refractivity contribution in [2.45, 2.75) is 26.7 Å². The van der Waals surface area contributed by atoms with Crippen LogP contribution in [-0.4, -0.2) is 18.3 Å². The number of benzene rings is 1. The van der Waals surface area contributed by atoms with Gasteiger partial charge in [-0.2, -0.15) is 5.26 Å². The van der Waals surface area contributed by atoms with Gasteiger partial charge in [0.25, 0.3) is 0 Å². The van der Waals surface area contributed by atoms with E-state index in [1.165, 1.54) is 0 Å². The van der Waals surface area contributed by atoms with Crippen molar-refractivity contribution in [1.82, 2.24) is 0 Å². The highest BCUT2D eigenvalue weighted by atomic mass is 32.1. The number of hydrogen-bond donors (Lipinski definition) is 1. The minimum atomic E-state index is -0.210. The number of hydrogen-bond acceptors (Lipinski definition) is 5. The molecule has 0 aliphatic carbocycles. The van der Waals surface area contributed by atoms with Crippen LogP contribution >= 0.6 is 11.3 Å². The lowest BCUT2D eigenvalue weighted by Gasteiger charge is -2.06. The van der Waals surface area contributed by atoms with Crippen molar-refractivity contribution in [3.8, 4) is 11.8 Å². The van der Waals surface area contributed by atoms with Gasteiger partial charge in [0.15, 0.2) is 12.4 Å². The average molecular weight is 342 g/mol. The van der Waals surface area contributed by atoms with Gasteiger partial charge in [-0.05, 0) is 44.2 Å². The molecule has 124 valence electrons. The van der Waals surface area contributed by atoms with Crippen LogP contribution in [0.5, 0.6) is 5.75 Å². The lowest BCUT2D eigenvalue weighted by atomic mass is 10.1. The van der Waals surface area contributed by atoms with Gasteiger partial charge in [-0.1, -0.05) is 0 Å². The normalized spacial score (nSPS) is 10.0. The van der Waals surface area contributed by atoms with Gasteiger partial charge in [0.1, 0.15) is 11.8 Å². The number of amides is 1. The molecule has 0 atom stereocenters. The highest BCUT2D eigenvalue weighted by molar-refractivity contribution is 7.12. The first-order valence-corrected chi connectivity index (χ1v) is 8.31. The number of ether oxygens (including phenoxy) is 1. The molecule has 2 rings (SSSR count). The third kappa shape index (κ3) is 4.93. The maximum Gasteiger partial charge on any atom is 0.224 e. The smallest absolute Gasteiger partial charge is 0.224 e. The summed E-state index contributed by atoms with van der Waals surface area (Å²) in [6, 6.07) is 10.5. The standard InChI is InChI=1S/C18H18N2O3S/c1-12-11-16(13(2)24-12)17(21)7-8-18(22)20-14-3-5-15(6-4-14)23-10-9-19/h3-6,11H,7-8,10H2,1-2H3,(H,20,22). The Morgan fingerprint density at radius 1 is 1.21 bits per heavy atom. The first kappa shape index (κ1) is 17.7. The van der Waals surface area contributed by atoms with E-state index in [9.17, 15) is 9.59 Å². The lowest BCUT2D eigenvalue weighted by molar-refractivity contribution is -0.116. The zero-order valence-electron chi connectivity index (χ0n) is 13.6. The van der Waals surface area contributed by atoms with Crippen LogP contribution in [0, 0.1) is 25.2 Å². The van der Waals surface area contributed by atoms with Crippen molar-refractivity contribution >= 4 is 28.7 Å². The summed E-state index contributed by atoms with van der Waals surface area (Å²) in [6.45, 7) is 3.86. The molecule has 0 saturated carbocycles. The second kappa shape index (κ2) is 8.27. The third-order valence-corrected chi connectivity index (χ3v) is 4.33. The Morgan fingerprint density at radius 2 is 1.92 bits per heavy atom. The molecule has 0 spiro atoms. The Labute approximate surface area is 144 Å². The summed E-state index contributed by atoms with van der Waals surface area (Å²) >= 11 is 1.59. The zero-order chi connectivity index (χ0) is 17.5. The van der Waals surface area contributed by atoms with Crippen molar-refractivity contribution < 1.29 is 14.3 Å². The molecule has 0 fully saturated rings. The van der Waals surface area contributed by atoms with Crippen molar-refractivity contribution in [3.05, 3.63) is 45.6 Å². The van der Waals surface area contributed by atoms with Gasteiger partial charge in [-0.25, -0.2) is 0 Å². The van der Waals surface area contributed by atoms with Crippen molar-refractivity contribution in [2.24, 2.45) is 0 Å². The van der Waals surface area contributed by atoms with E-state index in [1.54, 1.807) is 35.6 Å². The lowest BCUT2D eigenvalue weighted by Crippen LogP contribution is -2.13. The van der Waals surface area contributed by atoms with Crippen LogP contribution in [0.2, 0.25) is 0 Å². The largest absolute Gasteiger partial charge is 0.479 e. The first-order valence-electron chi connectivity index (χ1n) is 7.49. The predicted molar refractivity (Wildman–Crippen MR) is 93.5 cm³/mol. The fourth-order valence-electron chi connectivity index (χ4n) is 2.24. The number of ketones is 1. The molecule has 0 bridgehead atoms. The van der Waals surface area contributed by atoms with Crippen LogP contribution in [0.1, 0.15) is 33.0 Å². The number of Topliss-reactive ketones (excluding diaryl/α,β-unsaturated/α-hetero) is 1. The molecule has 1 aromatic carbocycles. The second-order valence-corrected chi connectivity index (χ2v) is 6.73. The number of nitriles is 1. The summed E-state index contributed by atoms with van der Waals surface area (Å²) in [5, 5.41) is 11.2. The van der Waals surface area contributed by atoms with E-state index in [0.717, 1.165) is 9.75 Å². The minimum absolute atomic E-state index is 0.00717. The number of nitrogens with zero attached hydrogens (tertiary/aromatic N) is 1. The van der Waals surface area contributed by atoms with Crippen LogP contribution in [0.4, 0.5) is 5.69 Å². The fraction of sp³-hybridized carbons (Fsp3) is 0.278. The molecule has 2 aromatic rings. The Morgan fingerprint density at radius 3 is 2.50 bits per heavy atom. The summed E-state index contributed by atoms with van der Waals surface area (Å²) in [5.41, 5.74) is 1.34. The topological polar surface area (TPSA) is 79.2 Å². The Balaban J connectivity index is 1.84. The molecule has 5 nitrogen and oxygen atoms in total. The Kier molecular flexibility index (Phi) is 6.10. The third-order valence-electron chi connectivity index (χ3n) is 3.36. The first-order chi connectivity index (χ1) is 11.5. The maximum atomic E-state index is 12.2. The maximum absolute atomic E-state index is 12.2. The Hall–Kier alpha value is -2.65. The van der Waals surface area contributed by atoms with E-state index in [0.29, 0.717) is 17.0 Å².